The minimum atomic E-state index is -0.905. The summed E-state index contributed by atoms with van der Waals surface area (Å²) >= 11 is 4.23. The average Bonchev–Trinajstić information content (AvgIpc) is 3.23. The Balaban J connectivity index is 1.38. The minimum absolute atomic E-state index is 0.111. The van der Waals surface area contributed by atoms with Crippen molar-refractivity contribution >= 4 is 41.4 Å². The predicted molar refractivity (Wildman–Crippen MR) is 102 cm³/mol. The van der Waals surface area contributed by atoms with Crippen LogP contribution in [0.25, 0.3) is 0 Å². The van der Waals surface area contributed by atoms with E-state index in [2.05, 4.69) is 28.8 Å². The van der Waals surface area contributed by atoms with E-state index in [4.69, 9.17) is 4.74 Å². The second-order valence-electron chi connectivity index (χ2n) is 7.71. The molecule has 0 aromatic rings. The van der Waals surface area contributed by atoms with Gasteiger partial charge >= 0.3 is 12.0 Å². The van der Waals surface area contributed by atoms with Gasteiger partial charge in [0.05, 0.1) is 10.00 Å². The molecule has 4 fully saturated rings. The second kappa shape index (κ2) is 7.26. The third-order valence-corrected chi connectivity index (χ3v) is 10.2. The molecule has 1 spiro atoms. The van der Waals surface area contributed by atoms with Crippen molar-refractivity contribution in [3.05, 3.63) is 0 Å². The van der Waals surface area contributed by atoms with E-state index in [0.29, 0.717) is 29.0 Å². The Morgan fingerprint density at radius 3 is 2.46 bits per heavy atom. The lowest BCUT2D eigenvalue weighted by atomic mass is 9.67. The number of esters is 1. The number of hydrogen-bond acceptors (Lipinski definition) is 6. The van der Waals surface area contributed by atoms with E-state index in [1.165, 1.54) is 30.8 Å². The van der Waals surface area contributed by atoms with Crippen LogP contribution in [0, 0.1) is 17.8 Å². The van der Waals surface area contributed by atoms with Crippen molar-refractivity contribution in [2.45, 2.75) is 49.2 Å². The van der Waals surface area contributed by atoms with Crippen molar-refractivity contribution in [2.75, 3.05) is 24.6 Å². The van der Waals surface area contributed by atoms with Crippen molar-refractivity contribution in [2.24, 2.45) is 17.8 Å². The monoisotopic (exact) mass is 398 g/mol. The van der Waals surface area contributed by atoms with E-state index in [-0.39, 0.29) is 11.9 Å². The van der Waals surface area contributed by atoms with Gasteiger partial charge in [0.2, 0.25) is 0 Å². The molecule has 2 saturated carbocycles. The first-order valence-corrected chi connectivity index (χ1v) is 11.6. The number of hydrogen-bond donors (Lipinski definition) is 1. The fourth-order valence-corrected chi connectivity index (χ4v) is 8.96. The Morgan fingerprint density at radius 1 is 1.23 bits per heavy atom. The Kier molecular flexibility index (Phi) is 5.16. The third kappa shape index (κ3) is 3.13. The van der Waals surface area contributed by atoms with Crippen LogP contribution in [0.5, 0.6) is 0 Å². The lowest BCUT2D eigenvalue weighted by molar-refractivity contribution is -0.163. The largest absolute Gasteiger partial charge is 0.452 e. The molecule has 4 rings (SSSR count). The maximum Gasteiger partial charge on any atom is 0.324 e. The van der Waals surface area contributed by atoms with Crippen LogP contribution in [0.1, 0.15) is 39.0 Å². The van der Waals surface area contributed by atoms with Gasteiger partial charge in [-0.15, -0.1) is 23.5 Å². The normalized spacial score (nSPS) is 33.8. The number of rotatable bonds is 3. The van der Waals surface area contributed by atoms with Crippen LogP contribution in [-0.2, 0) is 14.3 Å². The van der Waals surface area contributed by atoms with Crippen LogP contribution < -0.4 is 5.32 Å². The third-order valence-electron chi connectivity index (χ3n) is 6.22. The number of thioether (sulfide) groups is 2. The Bertz CT molecular complexity index is 592. The molecule has 0 aromatic carbocycles. The van der Waals surface area contributed by atoms with Gasteiger partial charge in [-0.2, -0.15) is 0 Å². The van der Waals surface area contributed by atoms with Gasteiger partial charge in [-0.05, 0) is 44.4 Å². The van der Waals surface area contributed by atoms with Crippen LogP contribution in [0.4, 0.5) is 4.79 Å². The SMILES string of the molecule is C[C@H](OC(=O)C1C[C@H]2CCC[C@@H](C1)C21SCCS1)C(=O)N1CCNC1=O. The molecule has 1 unspecified atom stereocenters. The summed E-state index contributed by atoms with van der Waals surface area (Å²) in [6.45, 7) is 2.36. The van der Waals surface area contributed by atoms with Crippen molar-refractivity contribution in [3.8, 4) is 0 Å². The average molecular weight is 399 g/mol. The zero-order valence-electron chi connectivity index (χ0n) is 15.1. The summed E-state index contributed by atoms with van der Waals surface area (Å²) in [5, 5.41) is 2.60. The molecule has 2 saturated heterocycles. The molecule has 6 nitrogen and oxygen atoms in total. The zero-order valence-corrected chi connectivity index (χ0v) is 16.7. The van der Waals surface area contributed by atoms with Gasteiger partial charge in [-0.25, -0.2) is 4.79 Å². The standard InChI is InChI=1S/C18H26N2O4S2/c1-11(15(21)20-6-5-19-17(20)23)24-16(22)12-9-13-3-2-4-14(10-12)18(13)25-7-8-26-18/h11-14H,2-10H2,1H3,(H,19,23)/t11-,12?,13-,14+/m0/s1. The van der Waals surface area contributed by atoms with E-state index in [0.717, 1.165) is 17.7 Å². The lowest BCUT2D eigenvalue weighted by Gasteiger charge is -2.51. The second-order valence-corrected chi connectivity index (χ2v) is 10.7. The predicted octanol–water partition coefficient (Wildman–Crippen LogP) is 2.47. The molecule has 4 atom stereocenters. The summed E-state index contributed by atoms with van der Waals surface area (Å²) in [5.41, 5.74) is 0. The highest BCUT2D eigenvalue weighted by Gasteiger charge is 2.55. The number of ether oxygens (including phenoxy) is 1. The van der Waals surface area contributed by atoms with Crippen LogP contribution in [0.2, 0.25) is 0 Å². The smallest absolute Gasteiger partial charge is 0.324 e. The van der Waals surface area contributed by atoms with Crippen LogP contribution in [0.15, 0.2) is 0 Å². The quantitative estimate of drug-likeness (QED) is 0.736. The van der Waals surface area contributed by atoms with E-state index in [9.17, 15) is 14.4 Å². The van der Waals surface area contributed by atoms with Gasteiger partial charge in [-0.3, -0.25) is 14.5 Å². The van der Waals surface area contributed by atoms with E-state index in [1.54, 1.807) is 6.92 Å². The molecule has 2 aliphatic heterocycles. The van der Waals surface area contributed by atoms with Gasteiger partial charge < -0.3 is 10.1 Å². The first-order chi connectivity index (χ1) is 12.5. The summed E-state index contributed by atoms with van der Waals surface area (Å²) in [4.78, 5) is 37.9. The molecule has 1 N–H and O–H groups in total. The van der Waals surface area contributed by atoms with Gasteiger partial charge in [0.25, 0.3) is 5.91 Å². The minimum Gasteiger partial charge on any atom is -0.452 e. The van der Waals surface area contributed by atoms with Gasteiger partial charge in [0, 0.05) is 24.6 Å². The summed E-state index contributed by atoms with van der Waals surface area (Å²) in [7, 11) is 0. The van der Waals surface area contributed by atoms with Crippen LogP contribution in [0.3, 0.4) is 0 Å². The highest BCUT2D eigenvalue weighted by atomic mass is 32.2. The van der Waals surface area contributed by atoms with Crippen molar-refractivity contribution in [1.82, 2.24) is 10.2 Å². The summed E-state index contributed by atoms with van der Waals surface area (Å²) in [6, 6.07) is -0.401. The molecular formula is C18H26N2O4S2. The molecule has 26 heavy (non-hydrogen) atoms. The summed E-state index contributed by atoms with van der Waals surface area (Å²) in [5.74, 6) is 2.78. The van der Waals surface area contributed by atoms with Crippen molar-refractivity contribution in [1.29, 1.82) is 0 Å². The van der Waals surface area contributed by atoms with Crippen molar-refractivity contribution in [3.63, 3.8) is 0 Å². The van der Waals surface area contributed by atoms with Crippen LogP contribution >= 0.6 is 23.5 Å². The number of carbonyl (C=O) groups excluding carboxylic acids is 3. The molecule has 2 aliphatic carbocycles. The number of imide groups is 1. The lowest BCUT2D eigenvalue weighted by Crippen LogP contribution is -2.49. The highest BCUT2D eigenvalue weighted by molar-refractivity contribution is 8.21. The molecule has 4 aliphatic rings. The first kappa shape index (κ1) is 18.5. The van der Waals surface area contributed by atoms with Crippen molar-refractivity contribution < 1.29 is 19.1 Å². The molecule has 2 heterocycles. The number of nitrogens with zero attached hydrogens (tertiary/aromatic N) is 1. The summed E-state index contributed by atoms with van der Waals surface area (Å²) < 4.78 is 5.83. The molecule has 0 radical (unpaired) electrons. The number of amides is 3. The fourth-order valence-electron chi connectivity index (χ4n) is 5.02. The summed E-state index contributed by atoms with van der Waals surface area (Å²) in [6.07, 6.45) is 4.50. The van der Waals surface area contributed by atoms with E-state index >= 15 is 0 Å². The maximum atomic E-state index is 12.7. The van der Waals surface area contributed by atoms with Gasteiger partial charge in [0.15, 0.2) is 6.10 Å². The molecule has 8 heteroatoms. The Labute approximate surface area is 162 Å². The zero-order chi connectivity index (χ0) is 18.3. The van der Waals surface area contributed by atoms with Gasteiger partial charge in [0.1, 0.15) is 0 Å². The Morgan fingerprint density at radius 2 is 1.88 bits per heavy atom. The molecule has 0 aromatic heterocycles. The highest BCUT2D eigenvalue weighted by Crippen LogP contribution is 2.64. The molecular weight excluding hydrogens is 372 g/mol. The number of carbonyl (C=O) groups is 3. The maximum absolute atomic E-state index is 12.7. The molecule has 3 amide bonds. The number of urea groups is 1. The fraction of sp³-hybridized carbons (Fsp3) is 0.833. The molecule has 144 valence electrons. The van der Waals surface area contributed by atoms with Gasteiger partial charge in [-0.1, -0.05) is 6.42 Å². The first-order valence-electron chi connectivity index (χ1n) is 9.59. The topological polar surface area (TPSA) is 75.7 Å². The molecule has 2 bridgehead atoms. The Hall–Kier alpha value is -0.890. The van der Waals surface area contributed by atoms with E-state index in [1.807, 2.05) is 0 Å². The van der Waals surface area contributed by atoms with Crippen LogP contribution in [-0.4, -0.2) is 57.6 Å². The number of nitrogens with one attached hydrogen (secondary N) is 1. The van der Waals surface area contributed by atoms with E-state index < -0.39 is 18.0 Å².